The Morgan fingerprint density at radius 3 is 2.25 bits per heavy atom. The highest BCUT2D eigenvalue weighted by Gasteiger charge is 2.38. The van der Waals surface area contributed by atoms with E-state index in [9.17, 15) is 24.0 Å². The van der Waals surface area contributed by atoms with Gasteiger partial charge in [0, 0.05) is 12.5 Å². The Labute approximate surface area is 297 Å². The molecule has 4 aromatic rings. The highest BCUT2D eigenvalue weighted by molar-refractivity contribution is 6.13. The molecule has 0 aliphatic carbocycles. The van der Waals surface area contributed by atoms with Gasteiger partial charge in [-0.25, -0.2) is 0 Å². The van der Waals surface area contributed by atoms with Crippen molar-refractivity contribution in [2.45, 2.75) is 72.4 Å². The number of hydrogen-bond donors (Lipinski definition) is 2. The number of para-hydroxylation sites is 2. The minimum absolute atomic E-state index is 0.0711. The number of fused-ring (bicyclic) bond motifs is 2. The summed E-state index contributed by atoms with van der Waals surface area (Å²) in [7, 11) is 0. The topological polar surface area (TPSA) is 134 Å². The molecule has 11 heteroatoms. The van der Waals surface area contributed by atoms with E-state index in [0.717, 1.165) is 21.9 Å². The summed E-state index contributed by atoms with van der Waals surface area (Å²) in [6.45, 7) is 10.1. The van der Waals surface area contributed by atoms with Crippen molar-refractivity contribution in [3.63, 3.8) is 0 Å². The number of esters is 2. The fourth-order valence-electron chi connectivity index (χ4n) is 5.95. The lowest BCUT2D eigenvalue weighted by Crippen LogP contribution is -2.56. The standard InChI is InChI=1S/C40H44N4O7/c1-25-15-18-29-11-7-8-12-31(29)32(25)22-43-34-13-9-10-14-35(34)44(38(48)30-19-16-28(17-20-30)24-50-27(3)45)23-33(39(43)49)42-37(47)26(2)41-21-36(46)51-40(4,5)6/h7-20,26,33,41H,21-24H2,1-6H3,(H,42,47)/t26-,33-/m0/s1. The van der Waals surface area contributed by atoms with Gasteiger partial charge in [0.05, 0.1) is 37.1 Å². The van der Waals surface area contributed by atoms with Crippen LogP contribution in [0.3, 0.4) is 0 Å². The van der Waals surface area contributed by atoms with Crippen LogP contribution < -0.4 is 20.4 Å². The summed E-state index contributed by atoms with van der Waals surface area (Å²) in [6, 6.07) is 23.9. The van der Waals surface area contributed by atoms with Crippen LogP contribution in [0.2, 0.25) is 0 Å². The number of hydrogen-bond acceptors (Lipinski definition) is 8. The first kappa shape index (κ1) is 36.7. The SMILES string of the molecule is CC(=O)OCc1ccc(C(=O)N2C[C@H](NC(=O)[C@H](C)NCC(=O)OC(C)(C)C)C(=O)N(Cc3c(C)ccc4ccccc34)c3ccccc32)cc1. The fraction of sp³-hybridized carbons (Fsp3) is 0.325. The summed E-state index contributed by atoms with van der Waals surface area (Å²) >= 11 is 0. The van der Waals surface area contributed by atoms with Crippen LogP contribution in [0.4, 0.5) is 11.4 Å². The van der Waals surface area contributed by atoms with E-state index in [2.05, 4.69) is 10.6 Å². The van der Waals surface area contributed by atoms with Crippen molar-refractivity contribution in [3.05, 3.63) is 107 Å². The normalized spacial score (nSPS) is 15.1. The summed E-state index contributed by atoms with van der Waals surface area (Å²) in [4.78, 5) is 69.3. The summed E-state index contributed by atoms with van der Waals surface area (Å²) in [5, 5.41) is 7.77. The molecule has 266 valence electrons. The van der Waals surface area contributed by atoms with Crippen molar-refractivity contribution < 1.29 is 33.4 Å². The number of rotatable bonds is 10. The summed E-state index contributed by atoms with van der Waals surface area (Å²) < 4.78 is 10.4. The second kappa shape index (κ2) is 15.6. The second-order valence-corrected chi connectivity index (χ2v) is 13.6. The van der Waals surface area contributed by atoms with E-state index in [-0.39, 0.29) is 32.1 Å². The van der Waals surface area contributed by atoms with Crippen molar-refractivity contribution in [1.82, 2.24) is 10.6 Å². The van der Waals surface area contributed by atoms with Gasteiger partial charge in [-0.15, -0.1) is 0 Å². The van der Waals surface area contributed by atoms with Gasteiger partial charge >= 0.3 is 11.9 Å². The van der Waals surface area contributed by atoms with Crippen molar-refractivity contribution in [2.24, 2.45) is 0 Å². The third-order valence-electron chi connectivity index (χ3n) is 8.55. The number of anilines is 2. The molecule has 3 amide bonds. The average Bonchev–Trinajstić information content (AvgIpc) is 3.20. The molecule has 0 saturated carbocycles. The van der Waals surface area contributed by atoms with Crippen molar-refractivity contribution in [1.29, 1.82) is 0 Å². The number of ether oxygens (including phenoxy) is 2. The van der Waals surface area contributed by atoms with Crippen LogP contribution >= 0.6 is 0 Å². The monoisotopic (exact) mass is 692 g/mol. The molecule has 0 spiro atoms. The predicted octanol–water partition coefficient (Wildman–Crippen LogP) is 5.21. The number of carbonyl (C=O) groups excluding carboxylic acids is 5. The van der Waals surface area contributed by atoms with Crippen LogP contribution in [0.5, 0.6) is 0 Å². The molecule has 11 nitrogen and oxygen atoms in total. The first-order valence-corrected chi connectivity index (χ1v) is 16.9. The fourth-order valence-corrected chi connectivity index (χ4v) is 5.95. The molecule has 2 N–H and O–H groups in total. The molecule has 0 fully saturated rings. The summed E-state index contributed by atoms with van der Waals surface area (Å²) in [6.07, 6.45) is 0. The van der Waals surface area contributed by atoms with Crippen LogP contribution in [0.25, 0.3) is 10.8 Å². The van der Waals surface area contributed by atoms with E-state index in [4.69, 9.17) is 9.47 Å². The maximum absolute atomic E-state index is 14.7. The Balaban J connectivity index is 1.50. The Hall–Kier alpha value is -5.55. The molecule has 0 saturated heterocycles. The molecule has 1 aliphatic heterocycles. The summed E-state index contributed by atoms with van der Waals surface area (Å²) in [5.74, 6) is -2.23. The van der Waals surface area contributed by atoms with Crippen molar-refractivity contribution in [2.75, 3.05) is 22.9 Å². The maximum Gasteiger partial charge on any atom is 0.320 e. The van der Waals surface area contributed by atoms with Crippen LogP contribution in [-0.4, -0.2) is 60.4 Å². The number of carbonyl (C=O) groups is 5. The van der Waals surface area contributed by atoms with Crippen molar-refractivity contribution in [3.8, 4) is 0 Å². The third kappa shape index (κ3) is 8.98. The Morgan fingerprint density at radius 2 is 1.57 bits per heavy atom. The number of aryl methyl sites for hydroxylation is 1. The molecule has 4 aromatic carbocycles. The number of nitrogens with one attached hydrogen (secondary N) is 2. The van der Waals surface area contributed by atoms with Crippen LogP contribution in [-0.2, 0) is 41.8 Å². The molecule has 2 atom stereocenters. The quantitative estimate of drug-likeness (QED) is 0.217. The van der Waals surface area contributed by atoms with Gasteiger partial charge in [-0.3, -0.25) is 29.3 Å². The third-order valence-corrected chi connectivity index (χ3v) is 8.55. The lowest BCUT2D eigenvalue weighted by Gasteiger charge is -2.27. The van der Waals surface area contributed by atoms with Gasteiger partial charge in [-0.2, -0.15) is 0 Å². The largest absolute Gasteiger partial charge is 0.461 e. The Kier molecular flexibility index (Phi) is 11.2. The number of benzene rings is 4. The van der Waals surface area contributed by atoms with E-state index in [1.807, 2.05) is 49.4 Å². The Morgan fingerprint density at radius 1 is 0.902 bits per heavy atom. The first-order valence-electron chi connectivity index (χ1n) is 16.9. The highest BCUT2D eigenvalue weighted by Crippen LogP contribution is 2.36. The van der Waals surface area contributed by atoms with E-state index < -0.39 is 41.4 Å². The maximum atomic E-state index is 14.7. The predicted molar refractivity (Wildman–Crippen MR) is 195 cm³/mol. The van der Waals surface area contributed by atoms with Crippen LogP contribution in [0, 0.1) is 6.92 Å². The Bertz CT molecular complexity index is 1950. The van der Waals surface area contributed by atoms with Gasteiger partial charge in [-0.05, 0) is 86.3 Å². The molecule has 1 aliphatic rings. The molecule has 0 unspecified atom stereocenters. The van der Waals surface area contributed by atoms with E-state index in [1.165, 1.54) is 11.8 Å². The lowest BCUT2D eigenvalue weighted by atomic mass is 9.99. The number of amides is 3. The smallest absolute Gasteiger partial charge is 0.320 e. The zero-order valence-electron chi connectivity index (χ0n) is 29.8. The molecule has 51 heavy (non-hydrogen) atoms. The molecule has 1 heterocycles. The van der Waals surface area contributed by atoms with Gasteiger partial charge in [0.25, 0.3) is 11.8 Å². The molecule has 0 aromatic heterocycles. The van der Waals surface area contributed by atoms with E-state index in [0.29, 0.717) is 22.5 Å². The molecule has 5 rings (SSSR count). The van der Waals surface area contributed by atoms with E-state index in [1.54, 1.807) is 75.1 Å². The van der Waals surface area contributed by atoms with Gasteiger partial charge in [-0.1, -0.05) is 60.7 Å². The van der Waals surface area contributed by atoms with Gasteiger partial charge in [0.2, 0.25) is 5.91 Å². The summed E-state index contributed by atoms with van der Waals surface area (Å²) in [5.41, 5.74) is 3.33. The lowest BCUT2D eigenvalue weighted by molar-refractivity contribution is -0.153. The molecule has 0 bridgehead atoms. The molecular formula is C40H44N4O7. The van der Waals surface area contributed by atoms with Gasteiger partial charge < -0.3 is 24.6 Å². The minimum Gasteiger partial charge on any atom is -0.461 e. The second-order valence-electron chi connectivity index (χ2n) is 13.6. The first-order chi connectivity index (χ1) is 24.2. The zero-order chi connectivity index (χ0) is 36.9. The number of nitrogens with zero attached hydrogens (tertiary/aromatic N) is 2. The minimum atomic E-state index is -1.14. The highest BCUT2D eigenvalue weighted by atomic mass is 16.6. The molecule has 0 radical (unpaired) electrons. The van der Waals surface area contributed by atoms with Gasteiger partial charge in [0.1, 0.15) is 18.2 Å². The average molecular weight is 693 g/mol. The van der Waals surface area contributed by atoms with Crippen LogP contribution in [0.1, 0.15) is 61.7 Å². The van der Waals surface area contributed by atoms with E-state index >= 15 is 0 Å². The zero-order valence-corrected chi connectivity index (χ0v) is 29.8. The van der Waals surface area contributed by atoms with Crippen molar-refractivity contribution >= 4 is 51.8 Å². The van der Waals surface area contributed by atoms with Crippen LogP contribution in [0.15, 0.2) is 84.9 Å². The molecular weight excluding hydrogens is 648 g/mol. The van der Waals surface area contributed by atoms with Gasteiger partial charge in [0.15, 0.2) is 0 Å².